The molecule has 0 unspecified atom stereocenters. The molecule has 3 aromatic heterocycles. The van der Waals surface area contributed by atoms with Crippen LogP contribution in [0.1, 0.15) is 65.6 Å². The zero-order valence-corrected chi connectivity index (χ0v) is 17.5. The maximum atomic E-state index is 13.0. The number of pyridine rings is 1. The lowest BCUT2D eigenvalue weighted by atomic mass is 10.1. The number of nitrogens with zero attached hydrogens (tertiary/aromatic N) is 6. The van der Waals surface area contributed by atoms with Crippen LogP contribution in [0.15, 0.2) is 10.9 Å². The second-order valence-electron chi connectivity index (χ2n) is 8.42. The Morgan fingerprint density at radius 1 is 1.27 bits per heavy atom. The topological polar surface area (TPSA) is 99.6 Å². The van der Waals surface area contributed by atoms with Gasteiger partial charge in [0.05, 0.1) is 16.6 Å². The molecular formula is C21H27N7O2. The quantitative estimate of drug-likeness (QED) is 0.624. The van der Waals surface area contributed by atoms with Gasteiger partial charge < -0.3 is 5.32 Å². The third-order valence-corrected chi connectivity index (χ3v) is 6.09. The molecule has 0 atom stereocenters. The Labute approximate surface area is 174 Å². The van der Waals surface area contributed by atoms with Crippen LogP contribution in [0.25, 0.3) is 11.0 Å². The summed E-state index contributed by atoms with van der Waals surface area (Å²) >= 11 is 0. The summed E-state index contributed by atoms with van der Waals surface area (Å²) in [5.41, 5.74) is 3.15. The number of aryl methyl sites for hydroxylation is 4. The molecule has 3 aromatic rings. The average molecular weight is 409 g/mol. The molecule has 1 aliphatic heterocycles. The van der Waals surface area contributed by atoms with E-state index in [1.807, 2.05) is 20.0 Å². The predicted molar refractivity (Wildman–Crippen MR) is 112 cm³/mol. The van der Waals surface area contributed by atoms with E-state index in [4.69, 9.17) is 4.98 Å². The van der Waals surface area contributed by atoms with Crippen LogP contribution in [0.3, 0.4) is 0 Å². The number of fused-ring (bicyclic) bond motifs is 2. The van der Waals surface area contributed by atoms with Crippen LogP contribution in [0.4, 0.5) is 0 Å². The van der Waals surface area contributed by atoms with Crippen molar-refractivity contribution in [3.8, 4) is 0 Å². The number of rotatable bonds is 6. The molecule has 9 nitrogen and oxygen atoms in total. The van der Waals surface area contributed by atoms with Gasteiger partial charge in [-0.15, -0.1) is 0 Å². The largest absolute Gasteiger partial charge is 0.352 e. The van der Waals surface area contributed by atoms with Gasteiger partial charge >= 0.3 is 5.69 Å². The molecule has 158 valence electrons. The highest BCUT2D eigenvalue weighted by Crippen LogP contribution is 2.40. The Hall–Kier alpha value is -2.97. The molecule has 5 rings (SSSR count). The molecule has 1 aliphatic carbocycles. The molecule has 0 bridgehead atoms. The molecule has 0 saturated heterocycles. The average Bonchev–Trinajstić information content (AvgIpc) is 3.49. The Kier molecular flexibility index (Phi) is 4.67. The smallest absolute Gasteiger partial charge is 0.345 e. The van der Waals surface area contributed by atoms with Gasteiger partial charge in [-0.2, -0.15) is 10.2 Å². The molecule has 4 heterocycles. The van der Waals surface area contributed by atoms with Gasteiger partial charge in [0.2, 0.25) is 0 Å². The lowest BCUT2D eigenvalue weighted by molar-refractivity contribution is 0.0954. The number of hydrogen-bond acceptors (Lipinski definition) is 5. The van der Waals surface area contributed by atoms with Crippen LogP contribution >= 0.6 is 0 Å². The third-order valence-electron chi connectivity index (χ3n) is 6.09. The second-order valence-corrected chi connectivity index (χ2v) is 8.42. The minimum atomic E-state index is -0.114. The fourth-order valence-electron chi connectivity index (χ4n) is 4.35. The minimum absolute atomic E-state index is 0.0353. The maximum Gasteiger partial charge on any atom is 0.345 e. The monoisotopic (exact) mass is 409 g/mol. The van der Waals surface area contributed by atoms with E-state index in [2.05, 4.69) is 15.5 Å². The Bertz CT molecular complexity index is 1180. The first kappa shape index (κ1) is 19.0. The van der Waals surface area contributed by atoms with Crippen LogP contribution < -0.4 is 11.0 Å². The molecule has 2 aliphatic rings. The Balaban J connectivity index is 1.29. The van der Waals surface area contributed by atoms with Gasteiger partial charge in [-0.25, -0.2) is 14.5 Å². The lowest BCUT2D eigenvalue weighted by Gasteiger charge is -2.09. The Morgan fingerprint density at radius 3 is 2.87 bits per heavy atom. The molecule has 0 spiro atoms. The van der Waals surface area contributed by atoms with Gasteiger partial charge in [-0.1, -0.05) is 0 Å². The van der Waals surface area contributed by atoms with E-state index in [1.54, 1.807) is 9.25 Å². The number of carbonyl (C=O) groups is 1. The van der Waals surface area contributed by atoms with E-state index in [-0.39, 0.29) is 11.6 Å². The highest BCUT2D eigenvalue weighted by Gasteiger charge is 2.28. The number of amides is 1. The van der Waals surface area contributed by atoms with E-state index < -0.39 is 0 Å². The van der Waals surface area contributed by atoms with Crippen molar-refractivity contribution >= 4 is 16.9 Å². The summed E-state index contributed by atoms with van der Waals surface area (Å²) in [6.07, 6.45) is 5.89. The zero-order chi connectivity index (χ0) is 20.8. The molecule has 1 saturated carbocycles. The normalized spacial score (nSPS) is 16.1. The zero-order valence-electron chi connectivity index (χ0n) is 17.5. The molecule has 0 aromatic carbocycles. The standard InChI is InChI=1S/C21H27N7O2/c1-13-18-15(12-16(14-7-8-14)23-19(18)26(2)24-13)20(29)22-9-5-11-28-21(30)27-10-4-3-6-17(27)25-28/h12,14H,3-11H2,1-2H3,(H,22,29). The van der Waals surface area contributed by atoms with E-state index in [1.165, 1.54) is 4.68 Å². The SMILES string of the molecule is Cc1nn(C)c2nc(C3CC3)cc(C(=O)NCCCn3nc4n(c3=O)CCCC4)c12. The summed E-state index contributed by atoms with van der Waals surface area (Å²) < 4.78 is 5.06. The molecular weight excluding hydrogens is 382 g/mol. The van der Waals surface area contributed by atoms with Crippen molar-refractivity contribution in [1.82, 2.24) is 34.4 Å². The van der Waals surface area contributed by atoms with Gasteiger partial charge in [-0.3, -0.25) is 14.0 Å². The first-order valence-corrected chi connectivity index (χ1v) is 10.8. The number of hydrogen-bond donors (Lipinski definition) is 1. The van der Waals surface area contributed by atoms with E-state index in [0.29, 0.717) is 31.0 Å². The molecule has 30 heavy (non-hydrogen) atoms. The second kappa shape index (κ2) is 7.37. The molecule has 9 heteroatoms. The van der Waals surface area contributed by atoms with Crippen molar-refractivity contribution in [2.45, 2.75) is 64.5 Å². The van der Waals surface area contributed by atoms with Crippen LogP contribution in [-0.2, 0) is 26.6 Å². The molecule has 1 amide bonds. The first-order chi connectivity index (χ1) is 14.5. The fraction of sp³-hybridized carbons (Fsp3) is 0.571. The first-order valence-electron chi connectivity index (χ1n) is 10.8. The Morgan fingerprint density at radius 2 is 2.10 bits per heavy atom. The van der Waals surface area contributed by atoms with Crippen LogP contribution in [0.5, 0.6) is 0 Å². The fourth-order valence-corrected chi connectivity index (χ4v) is 4.35. The summed E-state index contributed by atoms with van der Waals surface area (Å²) in [7, 11) is 1.86. The van der Waals surface area contributed by atoms with Crippen molar-refractivity contribution < 1.29 is 4.79 Å². The summed E-state index contributed by atoms with van der Waals surface area (Å²) in [5, 5.41) is 12.7. The molecule has 1 N–H and O–H groups in total. The lowest BCUT2D eigenvalue weighted by Crippen LogP contribution is -2.29. The van der Waals surface area contributed by atoms with Gasteiger partial charge in [0.25, 0.3) is 5.91 Å². The minimum Gasteiger partial charge on any atom is -0.352 e. The van der Waals surface area contributed by atoms with Crippen molar-refractivity contribution in [2.75, 3.05) is 6.54 Å². The van der Waals surface area contributed by atoms with Crippen molar-refractivity contribution in [1.29, 1.82) is 0 Å². The van der Waals surface area contributed by atoms with Gasteiger partial charge in [0.15, 0.2) is 5.65 Å². The highest BCUT2D eigenvalue weighted by molar-refractivity contribution is 6.06. The van der Waals surface area contributed by atoms with E-state index >= 15 is 0 Å². The molecule has 1 fully saturated rings. The van der Waals surface area contributed by atoms with Crippen molar-refractivity contribution in [3.05, 3.63) is 39.3 Å². The van der Waals surface area contributed by atoms with Crippen LogP contribution in [-0.4, -0.2) is 41.6 Å². The highest BCUT2D eigenvalue weighted by atomic mass is 16.2. The van der Waals surface area contributed by atoms with Gasteiger partial charge in [-0.05, 0) is 45.1 Å². The number of carbonyl (C=O) groups excluding carboxylic acids is 1. The third kappa shape index (κ3) is 3.32. The van der Waals surface area contributed by atoms with Crippen LogP contribution in [0, 0.1) is 6.92 Å². The summed E-state index contributed by atoms with van der Waals surface area (Å²) in [4.78, 5) is 30.2. The summed E-state index contributed by atoms with van der Waals surface area (Å²) in [6.45, 7) is 3.65. The number of nitrogens with one attached hydrogen (secondary N) is 1. The van der Waals surface area contributed by atoms with E-state index in [9.17, 15) is 9.59 Å². The number of aromatic nitrogens is 6. The van der Waals surface area contributed by atoms with Crippen LogP contribution in [0.2, 0.25) is 0 Å². The molecule has 0 radical (unpaired) electrons. The predicted octanol–water partition coefficient (Wildman–Crippen LogP) is 1.67. The maximum absolute atomic E-state index is 13.0. The summed E-state index contributed by atoms with van der Waals surface area (Å²) in [5.74, 6) is 1.22. The van der Waals surface area contributed by atoms with Crippen molar-refractivity contribution in [2.24, 2.45) is 7.05 Å². The van der Waals surface area contributed by atoms with E-state index in [0.717, 1.165) is 66.9 Å². The van der Waals surface area contributed by atoms with Gasteiger partial charge in [0, 0.05) is 44.7 Å². The summed E-state index contributed by atoms with van der Waals surface area (Å²) in [6, 6.07) is 1.93. The van der Waals surface area contributed by atoms with Gasteiger partial charge in [0.1, 0.15) is 5.82 Å². The van der Waals surface area contributed by atoms with Crippen molar-refractivity contribution in [3.63, 3.8) is 0 Å².